The van der Waals surface area contributed by atoms with E-state index in [1.165, 1.54) is 26.4 Å². The van der Waals surface area contributed by atoms with Crippen molar-refractivity contribution < 1.29 is 23.8 Å². The van der Waals surface area contributed by atoms with Crippen LogP contribution in [0.4, 0.5) is 0 Å². The number of carbonyl (C=O) groups is 2. The largest absolute Gasteiger partial charge is 0.493 e. The maximum absolute atomic E-state index is 11.5. The fourth-order valence-electron chi connectivity index (χ4n) is 1.87. The minimum absolute atomic E-state index is 0.319. The van der Waals surface area contributed by atoms with Crippen molar-refractivity contribution in [1.82, 2.24) is 0 Å². The standard InChI is InChI=1S/C16H13BO5/c1-20-15-8-10(16(19)21-2)3-5-14(15)22-13-6-4-12(17)7-11(13)9-18/h3-9H,1-2H3. The Balaban J connectivity index is 2.37. The van der Waals surface area contributed by atoms with E-state index >= 15 is 0 Å². The van der Waals surface area contributed by atoms with Gasteiger partial charge in [-0.15, -0.1) is 0 Å². The van der Waals surface area contributed by atoms with E-state index in [9.17, 15) is 9.59 Å². The molecule has 2 rings (SSSR count). The molecule has 0 aliphatic carbocycles. The first-order chi connectivity index (χ1) is 10.6. The summed E-state index contributed by atoms with van der Waals surface area (Å²) in [6.07, 6.45) is 0.654. The summed E-state index contributed by atoms with van der Waals surface area (Å²) < 4.78 is 15.5. The van der Waals surface area contributed by atoms with Crippen molar-refractivity contribution in [3.05, 3.63) is 47.5 Å². The number of hydrogen-bond donors (Lipinski definition) is 0. The van der Waals surface area contributed by atoms with Crippen molar-refractivity contribution in [1.29, 1.82) is 0 Å². The molecule has 0 saturated carbocycles. The molecule has 0 amide bonds. The average Bonchev–Trinajstić information content (AvgIpc) is 2.55. The Kier molecular flexibility index (Phi) is 4.83. The predicted molar refractivity (Wildman–Crippen MR) is 81.6 cm³/mol. The Morgan fingerprint density at radius 1 is 1.05 bits per heavy atom. The van der Waals surface area contributed by atoms with Gasteiger partial charge in [-0.25, -0.2) is 4.79 Å². The SMILES string of the molecule is [B]c1ccc(Oc2ccc(C(=O)OC)cc2OC)c(C=O)c1. The molecule has 2 radical (unpaired) electrons. The second-order valence-electron chi connectivity index (χ2n) is 4.37. The van der Waals surface area contributed by atoms with Gasteiger partial charge in [-0.1, -0.05) is 17.6 Å². The Morgan fingerprint density at radius 2 is 1.77 bits per heavy atom. The van der Waals surface area contributed by atoms with Crippen molar-refractivity contribution in [2.75, 3.05) is 14.2 Å². The molecule has 22 heavy (non-hydrogen) atoms. The summed E-state index contributed by atoms with van der Waals surface area (Å²) in [4.78, 5) is 22.6. The molecule has 0 N–H and O–H groups in total. The lowest BCUT2D eigenvalue weighted by Gasteiger charge is -2.13. The molecule has 0 bridgehead atoms. The third-order valence-electron chi connectivity index (χ3n) is 2.97. The fraction of sp³-hybridized carbons (Fsp3) is 0.125. The molecular formula is C16H13BO5. The predicted octanol–water partition coefficient (Wildman–Crippen LogP) is 1.88. The lowest BCUT2D eigenvalue weighted by Crippen LogP contribution is -2.05. The number of benzene rings is 2. The summed E-state index contributed by atoms with van der Waals surface area (Å²) in [6.45, 7) is 0. The van der Waals surface area contributed by atoms with Crippen molar-refractivity contribution in [3.63, 3.8) is 0 Å². The van der Waals surface area contributed by atoms with Gasteiger partial charge in [0.2, 0.25) is 0 Å². The first kappa shape index (κ1) is 15.6. The number of rotatable bonds is 5. The highest BCUT2D eigenvalue weighted by molar-refractivity contribution is 6.32. The molecule has 2 aromatic carbocycles. The number of ether oxygens (including phenoxy) is 3. The lowest BCUT2D eigenvalue weighted by atomic mass is 9.94. The van der Waals surface area contributed by atoms with Gasteiger partial charge < -0.3 is 14.2 Å². The maximum atomic E-state index is 11.5. The summed E-state index contributed by atoms with van der Waals surface area (Å²) in [7, 11) is 8.38. The Morgan fingerprint density at radius 3 is 2.41 bits per heavy atom. The second kappa shape index (κ2) is 6.80. The van der Waals surface area contributed by atoms with E-state index in [2.05, 4.69) is 4.74 Å². The molecule has 2 aromatic rings. The molecule has 0 heterocycles. The van der Waals surface area contributed by atoms with E-state index in [0.717, 1.165) is 0 Å². The van der Waals surface area contributed by atoms with Crippen LogP contribution in [0.1, 0.15) is 20.7 Å². The molecule has 0 spiro atoms. The van der Waals surface area contributed by atoms with Gasteiger partial charge in [0.25, 0.3) is 0 Å². The van der Waals surface area contributed by atoms with Crippen LogP contribution in [0.2, 0.25) is 0 Å². The van der Waals surface area contributed by atoms with E-state index in [1.807, 2.05) is 0 Å². The molecule has 0 fully saturated rings. The number of hydrogen-bond acceptors (Lipinski definition) is 5. The molecule has 5 nitrogen and oxygen atoms in total. The Labute approximate surface area is 129 Å². The van der Waals surface area contributed by atoms with Gasteiger partial charge in [0.1, 0.15) is 13.6 Å². The number of esters is 1. The van der Waals surface area contributed by atoms with Gasteiger partial charge in [-0.2, -0.15) is 0 Å². The van der Waals surface area contributed by atoms with Gasteiger partial charge >= 0.3 is 5.97 Å². The number of carbonyl (C=O) groups excluding carboxylic acids is 2. The quantitative estimate of drug-likeness (QED) is 0.479. The van der Waals surface area contributed by atoms with E-state index in [4.69, 9.17) is 17.3 Å². The normalized spacial score (nSPS) is 9.91. The highest BCUT2D eigenvalue weighted by atomic mass is 16.5. The van der Waals surface area contributed by atoms with Crippen LogP contribution in [0.15, 0.2) is 36.4 Å². The van der Waals surface area contributed by atoms with E-state index in [-0.39, 0.29) is 0 Å². The van der Waals surface area contributed by atoms with Gasteiger partial charge in [-0.3, -0.25) is 4.79 Å². The van der Waals surface area contributed by atoms with Crippen LogP contribution in [0, 0.1) is 0 Å². The third-order valence-corrected chi connectivity index (χ3v) is 2.97. The smallest absolute Gasteiger partial charge is 0.337 e. The molecule has 0 atom stereocenters. The van der Waals surface area contributed by atoms with Crippen molar-refractivity contribution in [2.45, 2.75) is 0 Å². The van der Waals surface area contributed by atoms with Gasteiger partial charge in [-0.05, 0) is 24.3 Å². The van der Waals surface area contributed by atoms with Crippen molar-refractivity contribution in [2.24, 2.45) is 0 Å². The highest BCUT2D eigenvalue weighted by Gasteiger charge is 2.13. The minimum atomic E-state index is -0.481. The van der Waals surface area contributed by atoms with Crippen molar-refractivity contribution >= 4 is 25.6 Å². The van der Waals surface area contributed by atoms with Crippen LogP contribution in [-0.4, -0.2) is 34.3 Å². The van der Waals surface area contributed by atoms with E-state index in [1.54, 1.807) is 24.3 Å². The molecule has 110 valence electrons. The van der Waals surface area contributed by atoms with Crippen LogP contribution in [-0.2, 0) is 4.74 Å². The number of methoxy groups -OCH3 is 2. The monoisotopic (exact) mass is 296 g/mol. The summed E-state index contributed by atoms with van der Waals surface area (Å²) in [5.41, 5.74) is 1.11. The number of aldehydes is 1. The zero-order valence-corrected chi connectivity index (χ0v) is 12.2. The van der Waals surface area contributed by atoms with Crippen LogP contribution >= 0.6 is 0 Å². The lowest BCUT2D eigenvalue weighted by molar-refractivity contribution is 0.0600. The molecule has 6 heteroatoms. The molecule has 0 aliphatic rings. The van der Waals surface area contributed by atoms with Crippen LogP contribution in [0.3, 0.4) is 0 Å². The molecule has 0 saturated heterocycles. The summed E-state index contributed by atoms with van der Waals surface area (Å²) in [6, 6.07) is 9.33. The second-order valence-corrected chi connectivity index (χ2v) is 4.37. The van der Waals surface area contributed by atoms with Gasteiger partial charge in [0, 0.05) is 0 Å². The van der Waals surface area contributed by atoms with Crippen LogP contribution in [0.5, 0.6) is 17.2 Å². The summed E-state index contributed by atoms with van der Waals surface area (Å²) in [5.74, 6) is 0.568. The molecular weight excluding hydrogens is 283 g/mol. The average molecular weight is 296 g/mol. The first-order valence-corrected chi connectivity index (χ1v) is 6.38. The molecule has 0 aromatic heterocycles. The van der Waals surface area contributed by atoms with Crippen LogP contribution < -0.4 is 14.9 Å². The topological polar surface area (TPSA) is 61.8 Å². The Hall–Kier alpha value is -2.76. The highest BCUT2D eigenvalue weighted by Crippen LogP contribution is 2.33. The summed E-state index contributed by atoms with van der Waals surface area (Å²) in [5, 5.41) is 0. The van der Waals surface area contributed by atoms with Crippen molar-refractivity contribution in [3.8, 4) is 17.2 Å². The van der Waals surface area contributed by atoms with E-state index in [0.29, 0.717) is 40.1 Å². The Bertz CT molecular complexity index is 712. The molecule has 0 aliphatic heterocycles. The van der Waals surface area contributed by atoms with Crippen LogP contribution in [0.25, 0.3) is 0 Å². The maximum Gasteiger partial charge on any atom is 0.337 e. The fourth-order valence-corrected chi connectivity index (χ4v) is 1.87. The molecule has 0 unspecified atom stereocenters. The zero-order chi connectivity index (χ0) is 16.1. The minimum Gasteiger partial charge on any atom is -0.493 e. The summed E-state index contributed by atoms with van der Waals surface area (Å²) >= 11 is 0. The van der Waals surface area contributed by atoms with Gasteiger partial charge in [0.05, 0.1) is 25.3 Å². The first-order valence-electron chi connectivity index (χ1n) is 6.38. The van der Waals surface area contributed by atoms with E-state index < -0.39 is 5.97 Å². The third kappa shape index (κ3) is 3.28. The zero-order valence-electron chi connectivity index (χ0n) is 12.2. The van der Waals surface area contributed by atoms with Gasteiger partial charge in [0.15, 0.2) is 17.8 Å².